The predicted octanol–water partition coefficient (Wildman–Crippen LogP) is 2.91. The number of anilines is 1. The molecule has 2 amide bonds. The second-order valence-electron chi connectivity index (χ2n) is 6.64. The monoisotopic (exact) mass is 363 g/mol. The summed E-state index contributed by atoms with van der Waals surface area (Å²) in [6, 6.07) is 15.6. The van der Waals surface area contributed by atoms with E-state index in [0.29, 0.717) is 29.8 Å². The van der Waals surface area contributed by atoms with E-state index in [2.05, 4.69) is 22.8 Å². The quantitative estimate of drug-likeness (QED) is 0.859. The third kappa shape index (κ3) is 3.06. The fourth-order valence-corrected chi connectivity index (χ4v) is 4.27. The maximum Gasteiger partial charge on any atom is 0.252 e. The molecule has 2 aromatic carbocycles. The first-order valence-corrected chi connectivity index (χ1v) is 9.44. The zero-order chi connectivity index (χ0) is 18.1. The van der Waals surface area contributed by atoms with Crippen LogP contribution in [0.1, 0.15) is 27.9 Å². The van der Waals surface area contributed by atoms with Crippen molar-refractivity contribution in [2.24, 2.45) is 0 Å². The summed E-state index contributed by atoms with van der Waals surface area (Å²) in [5, 5.41) is 15.5. The number of carbonyl (C=O) groups is 2. The van der Waals surface area contributed by atoms with Crippen molar-refractivity contribution in [2.45, 2.75) is 29.7 Å². The van der Waals surface area contributed by atoms with Gasteiger partial charge >= 0.3 is 0 Å². The van der Waals surface area contributed by atoms with Crippen molar-refractivity contribution >= 4 is 29.3 Å². The number of fused-ring (bicyclic) bond motifs is 2. The molecule has 1 aliphatic carbocycles. The minimum absolute atomic E-state index is 0.0718. The lowest BCUT2D eigenvalue weighted by Crippen LogP contribution is -2.51. The molecule has 1 atom stereocenters. The van der Waals surface area contributed by atoms with Crippen molar-refractivity contribution in [2.75, 3.05) is 11.1 Å². The molecule has 1 unspecified atom stereocenters. The smallest absolute Gasteiger partial charge is 0.252 e. The third-order valence-electron chi connectivity index (χ3n) is 4.87. The Morgan fingerprint density at radius 1 is 1.23 bits per heavy atom. The van der Waals surface area contributed by atoms with Gasteiger partial charge in [-0.25, -0.2) is 0 Å². The molecule has 4 rings (SSSR count). The molecule has 0 radical (unpaired) electrons. The third-order valence-corrected chi connectivity index (χ3v) is 5.95. The summed E-state index contributed by atoms with van der Waals surface area (Å²) in [6.45, 7) is 0. The molecule has 0 saturated carbocycles. The molecule has 2 aliphatic rings. The van der Waals surface area contributed by atoms with Crippen molar-refractivity contribution in [3.8, 4) is 6.07 Å². The van der Waals surface area contributed by atoms with Gasteiger partial charge in [-0.1, -0.05) is 24.3 Å². The van der Waals surface area contributed by atoms with E-state index in [1.807, 2.05) is 24.3 Å². The lowest BCUT2D eigenvalue weighted by molar-refractivity contribution is -0.113. The van der Waals surface area contributed by atoms with E-state index in [4.69, 9.17) is 0 Å². The van der Waals surface area contributed by atoms with Crippen LogP contribution in [0.25, 0.3) is 0 Å². The van der Waals surface area contributed by atoms with Crippen LogP contribution < -0.4 is 10.6 Å². The average molecular weight is 363 g/mol. The SMILES string of the molecule is N#CC1(NC(=O)c2ccc3c(c2)NC(=O)CS3)CCc2ccccc2C1. The first kappa shape index (κ1) is 16.7. The molecular weight excluding hydrogens is 346 g/mol. The number of nitriles is 1. The summed E-state index contributed by atoms with van der Waals surface area (Å²) in [6.07, 6.45) is 1.85. The predicted molar refractivity (Wildman–Crippen MR) is 100 cm³/mol. The van der Waals surface area contributed by atoms with Crippen molar-refractivity contribution in [1.29, 1.82) is 5.26 Å². The van der Waals surface area contributed by atoms with E-state index in [9.17, 15) is 14.9 Å². The van der Waals surface area contributed by atoms with Crippen molar-refractivity contribution < 1.29 is 9.59 Å². The molecule has 2 aromatic rings. The van der Waals surface area contributed by atoms with Crippen LogP contribution in [0.4, 0.5) is 5.69 Å². The second kappa shape index (κ2) is 6.50. The minimum atomic E-state index is -0.903. The number of benzene rings is 2. The van der Waals surface area contributed by atoms with E-state index in [0.717, 1.165) is 16.9 Å². The van der Waals surface area contributed by atoms with Gasteiger partial charge in [0.2, 0.25) is 5.91 Å². The summed E-state index contributed by atoms with van der Waals surface area (Å²) in [5.41, 5.74) is 2.54. The maximum absolute atomic E-state index is 12.8. The molecule has 130 valence electrons. The summed E-state index contributed by atoms with van der Waals surface area (Å²) in [7, 11) is 0. The largest absolute Gasteiger partial charge is 0.333 e. The standard InChI is InChI=1S/C20H17N3O2S/c21-12-20(8-7-13-3-1-2-4-15(13)10-20)23-19(25)14-5-6-17-16(9-14)22-18(24)11-26-17/h1-6,9H,7-8,10-11H2,(H,22,24)(H,23,25). The molecule has 26 heavy (non-hydrogen) atoms. The Morgan fingerprint density at radius 2 is 2.04 bits per heavy atom. The van der Waals surface area contributed by atoms with Gasteiger partial charge in [0, 0.05) is 16.9 Å². The van der Waals surface area contributed by atoms with Gasteiger partial charge in [-0.2, -0.15) is 5.26 Å². The molecule has 0 bridgehead atoms. The number of hydrogen-bond acceptors (Lipinski definition) is 4. The van der Waals surface area contributed by atoms with Crippen LogP contribution >= 0.6 is 11.8 Å². The van der Waals surface area contributed by atoms with E-state index in [-0.39, 0.29) is 11.8 Å². The Labute approximate surface area is 155 Å². The van der Waals surface area contributed by atoms with Crippen LogP contribution in [0.5, 0.6) is 0 Å². The van der Waals surface area contributed by atoms with Crippen molar-refractivity contribution in [1.82, 2.24) is 5.32 Å². The highest BCUT2D eigenvalue weighted by molar-refractivity contribution is 8.00. The molecule has 0 fully saturated rings. The first-order valence-electron chi connectivity index (χ1n) is 8.46. The Kier molecular flexibility index (Phi) is 4.17. The second-order valence-corrected chi connectivity index (χ2v) is 7.66. The number of aryl methyl sites for hydroxylation is 1. The highest BCUT2D eigenvalue weighted by atomic mass is 32.2. The van der Waals surface area contributed by atoms with Gasteiger partial charge in [-0.05, 0) is 42.2 Å². The molecule has 6 heteroatoms. The Hall–Kier alpha value is -2.78. The van der Waals surface area contributed by atoms with Gasteiger partial charge in [0.05, 0.1) is 17.5 Å². The lowest BCUT2D eigenvalue weighted by Gasteiger charge is -2.33. The van der Waals surface area contributed by atoms with Crippen LogP contribution in [-0.4, -0.2) is 23.1 Å². The van der Waals surface area contributed by atoms with Crippen molar-refractivity contribution in [3.05, 3.63) is 59.2 Å². The van der Waals surface area contributed by atoms with Crippen LogP contribution in [0.15, 0.2) is 47.4 Å². The molecule has 2 N–H and O–H groups in total. The number of nitrogens with zero attached hydrogens (tertiary/aromatic N) is 1. The molecule has 0 aromatic heterocycles. The average Bonchev–Trinajstić information content (AvgIpc) is 2.67. The number of nitrogens with one attached hydrogen (secondary N) is 2. The van der Waals surface area contributed by atoms with E-state index in [1.165, 1.54) is 17.3 Å². The zero-order valence-electron chi connectivity index (χ0n) is 14.0. The number of carbonyl (C=O) groups excluding carboxylic acids is 2. The van der Waals surface area contributed by atoms with Gasteiger partial charge in [0.1, 0.15) is 5.54 Å². The van der Waals surface area contributed by atoms with Crippen LogP contribution in [0.2, 0.25) is 0 Å². The fraction of sp³-hybridized carbons (Fsp3) is 0.250. The van der Waals surface area contributed by atoms with Gasteiger partial charge in [-0.15, -0.1) is 11.8 Å². The van der Waals surface area contributed by atoms with Gasteiger partial charge in [0.25, 0.3) is 5.91 Å². The maximum atomic E-state index is 12.8. The minimum Gasteiger partial charge on any atom is -0.333 e. The van der Waals surface area contributed by atoms with Gasteiger partial charge < -0.3 is 10.6 Å². The Bertz CT molecular complexity index is 950. The number of hydrogen-bond donors (Lipinski definition) is 2. The van der Waals surface area contributed by atoms with E-state index >= 15 is 0 Å². The molecule has 1 heterocycles. The van der Waals surface area contributed by atoms with E-state index in [1.54, 1.807) is 12.1 Å². The first-order chi connectivity index (χ1) is 12.6. The van der Waals surface area contributed by atoms with Gasteiger partial charge in [-0.3, -0.25) is 9.59 Å². The Morgan fingerprint density at radius 3 is 2.85 bits per heavy atom. The zero-order valence-corrected chi connectivity index (χ0v) is 14.9. The Balaban J connectivity index is 1.57. The molecule has 0 saturated heterocycles. The molecule has 0 spiro atoms. The molecule has 1 aliphatic heterocycles. The number of thioether (sulfide) groups is 1. The van der Waals surface area contributed by atoms with Crippen LogP contribution in [0, 0.1) is 11.3 Å². The van der Waals surface area contributed by atoms with Crippen LogP contribution in [-0.2, 0) is 17.6 Å². The summed E-state index contributed by atoms with van der Waals surface area (Å²) >= 11 is 1.45. The molecular formula is C20H17N3O2S. The van der Waals surface area contributed by atoms with Crippen LogP contribution in [0.3, 0.4) is 0 Å². The van der Waals surface area contributed by atoms with Gasteiger partial charge in [0.15, 0.2) is 0 Å². The lowest BCUT2D eigenvalue weighted by atomic mass is 9.78. The number of amides is 2. The van der Waals surface area contributed by atoms with Crippen molar-refractivity contribution in [3.63, 3.8) is 0 Å². The topological polar surface area (TPSA) is 82.0 Å². The molecule has 5 nitrogen and oxygen atoms in total. The summed E-state index contributed by atoms with van der Waals surface area (Å²) < 4.78 is 0. The fourth-order valence-electron chi connectivity index (χ4n) is 3.48. The highest BCUT2D eigenvalue weighted by Gasteiger charge is 2.36. The van der Waals surface area contributed by atoms with E-state index < -0.39 is 5.54 Å². The normalized spacial score (nSPS) is 21.0. The number of rotatable bonds is 2. The highest BCUT2D eigenvalue weighted by Crippen LogP contribution is 2.33. The summed E-state index contributed by atoms with van der Waals surface area (Å²) in [4.78, 5) is 25.3. The summed E-state index contributed by atoms with van der Waals surface area (Å²) in [5.74, 6) is 0.0196.